The molecule has 1 atom stereocenters. The molecule has 1 aromatic heterocycles. The highest BCUT2D eigenvalue weighted by Gasteiger charge is 2.44. The number of halogens is 3. The van der Waals surface area contributed by atoms with Crippen molar-refractivity contribution < 1.29 is 31.9 Å². The predicted octanol–water partition coefficient (Wildman–Crippen LogP) is 4.09. The number of alkyl halides is 3. The van der Waals surface area contributed by atoms with Crippen LogP contribution in [0, 0.1) is 5.92 Å². The fraction of sp³-hybridized carbons (Fsp3) is 0.455. The summed E-state index contributed by atoms with van der Waals surface area (Å²) in [6, 6.07) is 6.24. The Morgan fingerprint density at radius 3 is 2.29 bits per heavy atom. The monoisotopic (exact) mass is 436 g/mol. The van der Waals surface area contributed by atoms with E-state index in [1.54, 1.807) is 12.1 Å². The molecule has 1 aliphatic carbocycles. The summed E-state index contributed by atoms with van der Waals surface area (Å²) in [5.41, 5.74) is 0.0815. The average molecular weight is 436 g/mol. The quantitative estimate of drug-likeness (QED) is 0.741. The number of nitrogens with one attached hydrogen (secondary N) is 1. The molecule has 166 valence electrons. The Balaban J connectivity index is 1.31. The number of carbonyl (C=O) groups excluding carboxylic acids is 2. The molecule has 9 heteroatoms. The van der Waals surface area contributed by atoms with Crippen LogP contribution >= 0.6 is 0 Å². The summed E-state index contributed by atoms with van der Waals surface area (Å²) in [6.45, 7) is 1.32. The smallest absolute Gasteiger partial charge is 0.415 e. The zero-order chi connectivity index (χ0) is 22.0. The SMILES string of the molecule is O=C(NC(c1ccco1)C(F)(F)F)c1ccc(OC2CCN(C(=O)C3CC3)CC2)cc1. The summed E-state index contributed by atoms with van der Waals surface area (Å²) in [4.78, 5) is 26.3. The number of hydrogen-bond donors (Lipinski definition) is 1. The first-order chi connectivity index (χ1) is 14.8. The van der Waals surface area contributed by atoms with Crippen LogP contribution in [-0.2, 0) is 4.79 Å². The number of nitrogens with zero attached hydrogens (tertiary/aromatic N) is 1. The summed E-state index contributed by atoms with van der Waals surface area (Å²) in [6.07, 6.45) is -0.198. The predicted molar refractivity (Wildman–Crippen MR) is 104 cm³/mol. The van der Waals surface area contributed by atoms with Gasteiger partial charge in [0, 0.05) is 37.4 Å². The largest absolute Gasteiger partial charge is 0.490 e. The van der Waals surface area contributed by atoms with Gasteiger partial charge < -0.3 is 19.4 Å². The lowest BCUT2D eigenvalue weighted by atomic mass is 10.1. The van der Waals surface area contributed by atoms with Crippen LogP contribution in [0.1, 0.15) is 47.8 Å². The molecule has 6 nitrogen and oxygen atoms in total. The van der Waals surface area contributed by atoms with Gasteiger partial charge in [-0.1, -0.05) is 0 Å². The number of carbonyl (C=O) groups is 2. The summed E-state index contributed by atoms with van der Waals surface area (Å²) in [5.74, 6) is -0.271. The minimum absolute atomic E-state index is 0.0449. The molecule has 1 saturated carbocycles. The van der Waals surface area contributed by atoms with Crippen molar-refractivity contribution in [1.82, 2.24) is 10.2 Å². The number of rotatable bonds is 6. The van der Waals surface area contributed by atoms with E-state index in [0.29, 0.717) is 18.8 Å². The number of benzene rings is 1. The number of amides is 2. The second-order valence-corrected chi connectivity index (χ2v) is 7.90. The van der Waals surface area contributed by atoms with E-state index in [4.69, 9.17) is 9.15 Å². The van der Waals surface area contributed by atoms with Gasteiger partial charge in [0.25, 0.3) is 5.91 Å². The molecular weight excluding hydrogens is 413 g/mol. The second kappa shape index (κ2) is 8.64. The van der Waals surface area contributed by atoms with Gasteiger partial charge in [0.1, 0.15) is 17.6 Å². The number of hydrogen-bond acceptors (Lipinski definition) is 4. The molecule has 1 aromatic carbocycles. The van der Waals surface area contributed by atoms with Gasteiger partial charge in [-0.2, -0.15) is 13.2 Å². The third kappa shape index (κ3) is 5.21. The zero-order valence-electron chi connectivity index (χ0n) is 16.7. The lowest BCUT2D eigenvalue weighted by Gasteiger charge is -2.32. The minimum Gasteiger partial charge on any atom is -0.490 e. The molecule has 4 rings (SSSR count). The lowest BCUT2D eigenvalue weighted by molar-refractivity contribution is -0.159. The number of furan rings is 1. The highest BCUT2D eigenvalue weighted by atomic mass is 19.4. The van der Waals surface area contributed by atoms with Crippen molar-refractivity contribution in [3.8, 4) is 5.75 Å². The molecule has 0 bridgehead atoms. The normalized spacial score (nSPS) is 18.5. The van der Waals surface area contributed by atoms with Gasteiger partial charge in [-0.05, 0) is 49.2 Å². The van der Waals surface area contributed by atoms with Crippen LogP contribution < -0.4 is 10.1 Å². The van der Waals surface area contributed by atoms with Crippen LogP contribution in [0.25, 0.3) is 0 Å². The van der Waals surface area contributed by atoms with Gasteiger partial charge >= 0.3 is 6.18 Å². The minimum atomic E-state index is -4.69. The van der Waals surface area contributed by atoms with Crippen molar-refractivity contribution in [2.75, 3.05) is 13.1 Å². The molecule has 31 heavy (non-hydrogen) atoms. The Labute approximate surface area is 177 Å². The Kier molecular flexibility index (Phi) is 5.93. The number of ether oxygens (including phenoxy) is 1. The average Bonchev–Trinajstić information content (AvgIpc) is 3.46. The van der Waals surface area contributed by atoms with Gasteiger partial charge in [0.2, 0.25) is 5.91 Å². The maximum absolute atomic E-state index is 13.3. The first kappa shape index (κ1) is 21.3. The highest BCUT2D eigenvalue weighted by molar-refractivity contribution is 5.94. The summed E-state index contributed by atoms with van der Waals surface area (Å²) in [5, 5.41) is 1.97. The molecule has 0 spiro atoms. The van der Waals surface area contributed by atoms with Crippen LogP contribution in [0.2, 0.25) is 0 Å². The molecule has 2 aromatic rings. The van der Waals surface area contributed by atoms with E-state index in [2.05, 4.69) is 0 Å². The molecule has 0 radical (unpaired) electrons. The first-order valence-corrected chi connectivity index (χ1v) is 10.3. The first-order valence-electron chi connectivity index (χ1n) is 10.3. The van der Waals surface area contributed by atoms with Gasteiger partial charge in [-0.3, -0.25) is 9.59 Å². The topological polar surface area (TPSA) is 71.8 Å². The van der Waals surface area contributed by atoms with Gasteiger partial charge in [-0.25, -0.2) is 0 Å². The van der Waals surface area contributed by atoms with Crippen molar-refractivity contribution in [3.63, 3.8) is 0 Å². The number of piperidine rings is 1. The fourth-order valence-corrected chi connectivity index (χ4v) is 3.64. The molecule has 1 unspecified atom stereocenters. The molecule has 1 N–H and O–H groups in total. The van der Waals surface area contributed by atoms with E-state index < -0.39 is 18.1 Å². The van der Waals surface area contributed by atoms with E-state index in [0.717, 1.165) is 31.9 Å². The zero-order valence-corrected chi connectivity index (χ0v) is 16.7. The maximum Gasteiger partial charge on any atom is 0.415 e. The third-order valence-electron chi connectivity index (χ3n) is 5.53. The Morgan fingerprint density at radius 2 is 1.74 bits per heavy atom. The molecule has 2 fully saturated rings. The van der Waals surface area contributed by atoms with E-state index in [1.807, 2.05) is 10.2 Å². The summed E-state index contributed by atoms with van der Waals surface area (Å²) >= 11 is 0. The van der Waals surface area contributed by atoms with Crippen LogP contribution in [-0.4, -0.2) is 42.1 Å². The van der Waals surface area contributed by atoms with Crippen molar-refractivity contribution in [1.29, 1.82) is 0 Å². The molecule has 1 saturated heterocycles. The van der Waals surface area contributed by atoms with E-state index >= 15 is 0 Å². The fourth-order valence-electron chi connectivity index (χ4n) is 3.64. The Bertz CT molecular complexity index is 900. The molecule has 2 heterocycles. The van der Waals surface area contributed by atoms with Gasteiger partial charge in [-0.15, -0.1) is 0 Å². The Morgan fingerprint density at radius 1 is 1.06 bits per heavy atom. The van der Waals surface area contributed by atoms with Crippen molar-refractivity contribution in [2.24, 2.45) is 5.92 Å². The maximum atomic E-state index is 13.3. The molecular formula is C22H23F3N2O4. The molecule has 2 aliphatic rings. The van der Waals surface area contributed by atoms with Crippen molar-refractivity contribution >= 4 is 11.8 Å². The van der Waals surface area contributed by atoms with E-state index in [1.165, 1.54) is 24.3 Å². The van der Waals surface area contributed by atoms with Crippen molar-refractivity contribution in [3.05, 3.63) is 54.0 Å². The number of likely N-dealkylation sites (tertiary alicyclic amines) is 1. The molecule has 2 amide bonds. The molecule has 1 aliphatic heterocycles. The van der Waals surface area contributed by atoms with E-state index in [-0.39, 0.29) is 29.3 Å². The second-order valence-electron chi connectivity index (χ2n) is 7.90. The van der Waals surface area contributed by atoms with Crippen LogP contribution in [0.3, 0.4) is 0 Å². The van der Waals surface area contributed by atoms with E-state index in [9.17, 15) is 22.8 Å². The standard InChI is InChI=1S/C22H23F3N2O4/c23-22(24,25)19(18-2-1-13-30-18)26-20(28)14-5-7-16(8-6-14)31-17-9-11-27(12-10-17)21(29)15-3-4-15/h1-2,5-8,13,15,17,19H,3-4,9-12H2,(H,26,28). The van der Waals surface area contributed by atoms with Crippen molar-refractivity contribution in [2.45, 2.75) is 44.0 Å². The van der Waals surface area contributed by atoms with Crippen LogP contribution in [0.5, 0.6) is 5.75 Å². The summed E-state index contributed by atoms with van der Waals surface area (Å²) in [7, 11) is 0. The lowest BCUT2D eigenvalue weighted by Crippen LogP contribution is -2.42. The highest BCUT2D eigenvalue weighted by Crippen LogP contribution is 2.34. The van der Waals surface area contributed by atoms with Gasteiger partial charge in [0.15, 0.2) is 6.04 Å². The summed E-state index contributed by atoms with van der Waals surface area (Å²) < 4.78 is 50.6. The third-order valence-corrected chi connectivity index (χ3v) is 5.53. The Hall–Kier alpha value is -2.97. The van der Waals surface area contributed by atoms with Crippen LogP contribution in [0.15, 0.2) is 47.1 Å². The van der Waals surface area contributed by atoms with Crippen LogP contribution in [0.4, 0.5) is 13.2 Å². The van der Waals surface area contributed by atoms with Gasteiger partial charge in [0.05, 0.1) is 6.26 Å².